The van der Waals surface area contributed by atoms with E-state index in [-0.39, 0.29) is 11.5 Å². The maximum Gasteiger partial charge on any atom is 0.128 e. The highest BCUT2D eigenvalue weighted by Gasteiger charge is 2.51. The first kappa shape index (κ1) is 13.4. The number of anilines is 1. The molecular formula is C15H17ClN4. The predicted octanol–water partition coefficient (Wildman–Crippen LogP) is 2.55. The molecule has 0 radical (unpaired) electrons. The van der Waals surface area contributed by atoms with Gasteiger partial charge in [0.2, 0.25) is 0 Å². The third-order valence-corrected chi connectivity index (χ3v) is 4.29. The Kier molecular flexibility index (Phi) is 3.38. The first-order valence-corrected chi connectivity index (χ1v) is 6.98. The summed E-state index contributed by atoms with van der Waals surface area (Å²) in [5, 5.41) is 0.568. The van der Waals surface area contributed by atoms with Gasteiger partial charge in [0.15, 0.2) is 0 Å². The highest BCUT2D eigenvalue weighted by Crippen LogP contribution is 2.56. The molecule has 4 nitrogen and oxygen atoms in total. The largest absolute Gasteiger partial charge is 0.383 e. The molecule has 1 atom stereocenters. The summed E-state index contributed by atoms with van der Waals surface area (Å²) in [6.07, 6.45) is 3.69. The van der Waals surface area contributed by atoms with Crippen LogP contribution in [0.25, 0.3) is 0 Å². The second-order valence-corrected chi connectivity index (χ2v) is 5.69. The molecule has 20 heavy (non-hydrogen) atoms. The molecule has 1 aliphatic rings. The van der Waals surface area contributed by atoms with Gasteiger partial charge in [0.25, 0.3) is 0 Å². The van der Waals surface area contributed by atoms with Gasteiger partial charge >= 0.3 is 0 Å². The maximum atomic E-state index is 6.05. The van der Waals surface area contributed by atoms with E-state index in [0.29, 0.717) is 10.8 Å². The Morgan fingerprint density at radius 3 is 2.55 bits per heavy atom. The van der Waals surface area contributed by atoms with Crippen LogP contribution >= 0.6 is 11.6 Å². The number of rotatable bonds is 4. The van der Waals surface area contributed by atoms with Crippen molar-refractivity contribution in [2.45, 2.75) is 24.3 Å². The smallest absolute Gasteiger partial charge is 0.128 e. The van der Waals surface area contributed by atoms with Gasteiger partial charge in [-0.05, 0) is 24.5 Å². The lowest BCUT2D eigenvalue weighted by Crippen LogP contribution is -2.37. The van der Waals surface area contributed by atoms with Crippen LogP contribution in [0.3, 0.4) is 0 Å². The van der Waals surface area contributed by atoms with E-state index in [1.807, 2.05) is 24.3 Å². The number of nitrogen functional groups attached to an aromatic ring is 1. The number of hydrogen-bond donors (Lipinski definition) is 3. The van der Waals surface area contributed by atoms with Crippen molar-refractivity contribution in [3.63, 3.8) is 0 Å². The Balaban J connectivity index is 2.04. The molecular weight excluding hydrogens is 272 g/mol. The molecule has 5 heteroatoms. The summed E-state index contributed by atoms with van der Waals surface area (Å²) in [6.45, 7) is 0. The maximum absolute atomic E-state index is 6.05. The quantitative estimate of drug-likeness (QED) is 0.597. The van der Waals surface area contributed by atoms with Crippen molar-refractivity contribution < 1.29 is 0 Å². The fourth-order valence-corrected chi connectivity index (χ4v) is 3.06. The summed E-state index contributed by atoms with van der Waals surface area (Å²) in [5.74, 6) is 6.28. The standard InChI is InChI=1S/C15H17ClN4/c16-11-8-12(14(17)19-9-11)13(20-18)15(6-7-15)10-4-2-1-3-5-10/h1-5,8-9,13,20H,6-7,18H2,(H2,17,19). The molecule has 2 aromatic rings. The lowest BCUT2D eigenvalue weighted by molar-refractivity contribution is 0.439. The fraction of sp³-hybridized carbons (Fsp3) is 0.267. The summed E-state index contributed by atoms with van der Waals surface area (Å²) >= 11 is 6.05. The minimum Gasteiger partial charge on any atom is -0.383 e. The molecule has 1 aliphatic carbocycles. The Bertz CT molecular complexity index is 611. The Labute approximate surface area is 123 Å². The van der Waals surface area contributed by atoms with Crippen molar-refractivity contribution in [3.8, 4) is 0 Å². The summed E-state index contributed by atoms with van der Waals surface area (Å²) in [6, 6.07) is 12.1. The van der Waals surface area contributed by atoms with E-state index < -0.39 is 0 Å². The van der Waals surface area contributed by atoms with Gasteiger partial charge in [0.05, 0.1) is 11.1 Å². The first-order chi connectivity index (χ1) is 9.67. The van der Waals surface area contributed by atoms with Crippen LogP contribution in [0.1, 0.15) is 30.0 Å². The summed E-state index contributed by atoms with van der Waals surface area (Å²) in [7, 11) is 0. The zero-order valence-electron chi connectivity index (χ0n) is 11.0. The van der Waals surface area contributed by atoms with Gasteiger partial charge in [0.1, 0.15) is 5.82 Å². The molecule has 5 N–H and O–H groups in total. The number of aromatic nitrogens is 1. The third kappa shape index (κ3) is 2.16. The minimum atomic E-state index is -0.0869. The first-order valence-electron chi connectivity index (χ1n) is 6.60. The normalized spacial score (nSPS) is 17.7. The molecule has 1 fully saturated rings. The zero-order chi connectivity index (χ0) is 14.2. The van der Waals surface area contributed by atoms with E-state index in [9.17, 15) is 0 Å². The average molecular weight is 289 g/mol. The van der Waals surface area contributed by atoms with Crippen molar-refractivity contribution in [2.75, 3.05) is 5.73 Å². The van der Waals surface area contributed by atoms with Crippen LogP contribution in [0.15, 0.2) is 42.6 Å². The Morgan fingerprint density at radius 1 is 1.25 bits per heavy atom. The van der Waals surface area contributed by atoms with Gasteiger partial charge in [0, 0.05) is 17.2 Å². The number of halogens is 1. The topological polar surface area (TPSA) is 77.0 Å². The summed E-state index contributed by atoms with van der Waals surface area (Å²) in [4.78, 5) is 4.13. The number of hydrazine groups is 1. The lowest BCUT2D eigenvalue weighted by atomic mass is 9.84. The molecule has 104 valence electrons. The average Bonchev–Trinajstić information content (AvgIpc) is 3.26. The van der Waals surface area contributed by atoms with Crippen molar-refractivity contribution >= 4 is 17.4 Å². The van der Waals surface area contributed by atoms with E-state index in [2.05, 4.69) is 22.5 Å². The van der Waals surface area contributed by atoms with Crippen LogP contribution < -0.4 is 17.0 Å². The molecule has 0 bridgehead atoms. The highest BCUT2D eigenvalue weighted by molar-refractivity contribution is 6.30. The van der Waals surface area contributed by atoms with Gasteiger partial charge in [-0.1, -0.05) is 41.9 Å². The number of benzene rings is 1. The Morgan fingerprint density at radius 2 is 1.95 bits per heavy atom. The second kappa shape index (κ2) is 5.05. The molecule has 1 aromatic carbocycles. The summed E-state index contributed by atoms with van der Waals surface area (Å²) in [5.41, 5.74) is 11.0. The number of nitrogens with zero attached hydrogens (tertiary/aromatic N) is 1. The number of pyridine rings is 1. The molecule has 1 aromatic heterocycles. The molecule has 0 saturated heterocycles. The predicted molar refractivity (Wildman–Crippen MR) is 81.1 cm³/mol. The van der Waals surface area contributed by atoms with E-state index in [1.165, 1.54) is 5.56 Å². The van der Waals surface area contributed by atoms with Crippen LogP contribution in [-0.4, -0.2) is 4.98 Å². The van der Waals surface area contributed by atoms with Gasteiger partial charge in [-0.2, -0.15) is 0 Å². The van der Waals surface area contributed by atoms with E-state index in [1.54, 1.807) is 6.20 Å². The number of nitrogens with two attached hydrogens (primary N) is 2. The molecule has 3 rings (SSSR count). The van der Waals surface area contributed by atoms with Gasteiger partial charge in [-0.25, -0.2) is 4.98 Å². The van der Waals surface area contributed by atoms with E-state index in [0.717, 1.165) is 18.4 Å². The fourth-order valence-electron chi connectivity index (χ4n) is 2.89. The molecule has 1 saturated carbocycles. The van der Waals surface area contributed by atoms with Crippen molar-refractivity contribution in [1.29, 1.82) is 0 Å². The van der Waals surface area contributed by atoms with Crippen LogP contribution in [-0.2, 0) is 5.41 Å². The Hall–Kier alpha value is -1.62. The second-order valence-electron chi connectivity index (χ2n) is 5.25. The van der Waals surface area contributed by atoms with E-state index in [4.69, 9.17) is 23.2 Å². The third-order valence-electron chi connectivity index (χ3n) is 4.08. The molecule has 0 aliphatic heterocycles. The highest BCUT2D eigenvalue weighted by atomic mass is 35.5. The monoisotopic (exact) mass is 288 g/mol. The number of nitrogens with one attached hydrogen (secondary N) is 1. The zero-order valence-corrected chi connectivity index (χ0v) is 11.8. The van der Waals surface area contributed by atoms with Crippen LogP contribution in [0.4, 0.5) is 5.82 Å². The van der Waals surface area contributed by atoms with Crippen LogP contribution in [0.5, 0.6) is 0 Å². The molecule has 1 unspecified atom stereocenters. The van der Waals surface area contributed by atoms with Gasteiger partial charge in [-0.3, -0.25) is 11.3 Å². The minimum absolute atomic E-state index is 0.0174. The van der Waals surface area contributed by atoms with Gasteiger partial charge in [-0.15, -0.1) is 0 Å². The summed E-state index contributed by atoms with van der Waals surface area (Å²) < 4.78 is 0. The number of hydrogen-bond acceptors (Lipinski definition) is 4. The molecule has 0 amide bonds. The SMILES string of the molecule is NNC(c1cc(Cl)cnc1N)C1(c2ccccc2)CC1. The van der Waals surface area contributed by atoms with Crippen LogP contribution in [0, 0.1) is 0 Å². The lowest BCUT2D eigenvalue weighted by Gasteiger charge is -2.28. The van der Waals surface area contributed by atoms with Gasteiger partial charge < -0.3 is 5.73 Å². The van der Waals surface area contributed by atoms with Crippen molar-refractivity contribution in [3.05, 3.63) is 58.7 Å². The van der Waals surface area contributed by atoms with Crippen molar-refractivity contribution in [1.82, 2.24) is 10.4 Å². The molecule has 1 heterocycles. The molecule has 0 spiro atoms. The van der Waals surface area contributed by atoms with Crippen LogP contribution in [0.2, 0.25) is 5.02 Å². The van der Waals surface area contributed by atoms with Crippen molar-refractivity contribution in [2.24, 2.45) is 5.84 Å². The van der Waals surface area contributed by atoms with E-state index >= 15 is 0 Å².